The summed E-state index contributed by atoms with van der Waals surface area (Å²) in [6, 6.07) is 10.8. The zero-order chi connectivity index (χ0) is 30.8. The lowest BCUT2D eigenvalue weighted by molar-refractivity contribution is -0.137. The number of aryl methyl sites for hydroxylation is 1. The molecule has 0 aliphatic heterocycles. The van der Waals surface area contributed by atoms with Gasteiger partial charge < -0.3 is 16.0 Å². The molecular formula is C28H23Cl2F3N6O3. The summed E-state index contributed by atoms with van der Waals surface area (Å²) in [6.45, 7) is 5.21. The summed E-state index contributed by atoms with van der Waals surface area (Å²) < 4.78 is 39.8. The molecule has 0 aliphatic carbocycles. The van der Waals surface area contributed by atoms with Crippen LogP contribution in [0.1, 0.15) is 56.3 Å². The molecule has 2 heterocycles. The Hall–Kier alpha value is -4.42. The minimum absolute atomic E-state index is 0.0310. The Balaban J connectivity index is 1.71. The predicted molar refractivity (Wildman–Crippen MR) is 153 cm³/mol. The number of carbonyl (C=O) groups is 3. The predicted octanol–water partition coefficient (Wildman–Crippen LogP) is 6.54. The van der Waals surface area contributed by atoms with Crippen LogP contribution in [-0.2, 0) is 6.18 Å². The number of pyridine rings is 1. The van der Waals surface area contributed by atoms with Crippen LogP contribution >= 0.6 is 23.2 Å². The maximum atomic E-state index is 13.6. The highest BCUT2D eigenvalue weighted by Crippen LogP contribution is 2.30. The second kappa shape index (κ2) is 12.2. The van der Waals surface area contributed by atoms with Crippen LogP contribution < -0.4 is 16.0 Å². The molecule has 0 radical (unpaired) electrons. The molecule has 3 amide bonds. The van der Waals surface area contributed by atoms with E-state index < -0.39 is 29.5 Å². The van der Waals surface area contributed by atoms with Gasteiger partial charge in [-0.25, -0.2) is 9.67 Å². The fourth-order valence-electron chi connectivity index (χ4n) is 3.89. The van der Waals surface area contributed by atoms with Crippen LogP contribution in [-0.4, -0.2) is 38.5 Å². The van der Waals surface area contributed by atoms with Crippen LogP contribution in [0, 0.1) is 6.92 Å². The Bertz CT molecular complexity index is 1670. The van der Waals surface area contributed by atoms with Crippen molar-refractivity contribution in [2.24, 2.45) is 0 Å². The van der Waals surface area contributed by atoms with Gasteiger partial charge >= 0.3 is 6.18 Å². The van der Waals surface area contributed by atoms with Crippen LogP contribution in [0.4, 0.5) is 24.5 Å². The molecule has 14 heteroatoms. The van der Waals surface area contributed by atoms with Crippen molar-refractivity contribution in [2.75, 3.05) is 10.6 Å². The molecule has 218 valence electrons. The number of anilines is 2. The van der Waals surface area contributed by atoms with E-state index in [2.05, 4.69) is 26.0 Å². The van der Waals surface area contributed by atoms with Gasteiger partial charge in [0.2, 0.25) is 0 Å². The highest BCUT2D eigenvalue weighted by molar-refractivity contribution is 6.32. The third-order valence-electron chi connectivity index (χ3n) is 5.79. The molecular weight excluding hydrogens is 596 g/mol. The molecule has 0 bridgehead atoms. The summed E-state index contributed by atoms with van der Waals surface area (Å²) in [6.07, 6.45) is -3.13. The molecule has 42 heavy (non-hydrogen) atoms. The highest BCUT2D eigenvalue weighted by Gasteiger charge is 2.30. The van der Waals surface area contributed by atoms with Gasteiger partial charge in [0.15, 0.2) is 11.5 Å². The van der Waals surface area contributed by atoms with E-state index >= 15 is 0 Å². The van der Waals surface area contributed by atoms with Gasteiger partial charge in [0.25, 0.3) is 17.7 Å². The smallest absolute Gasteiger partial charge is 0.350 e. The number of alkyl halides is 3. The monoisotopic (exact) mass is 618 g/mol. The third kappa shape index (κ3) is 6.89. The molecule has 2 aromatic carbocycles. The number of nitrogens with zero attached hydrogens (tertiary/aromatic N) is 3. The van der Waals surface area contributed by atoms with Crippen LogP contribution in [0.15, 0.2) is 60.8 Å². The quantitative estimate of drug-likeness (QED) is 0.217. The average Bonchev–Trinajstić information content (AvgIpc) is 3.35. The molecule has 4 aromatic rings. The lowest BCUT2D eigenvalue weighted by atomic mass is 10.1. The van der Waals surface area contributed by atoms with Gasteiger partial charge in [-0.05, 0) is 74.9 Å². The number of rotatable bonds is 7. The van der Waals surface area contributed by atoms with E-state index in [0.717, 1.165) is 28.9 Å². The fourth-order valence-corrected chi connectivity index (χ4v) is 4.37. The first-order valence-electron chi connectivity index (χ1n) is 12.4. The van der Waals surface area contributed by atoms with Gasteiger partial charge in [0.1, 0.15) is 5.69 Å². The van der Waals surface area contributed by atoms with Crippen LogP contribution in [0.5, 0.6) is 0 Å². The molecule has 9 nitrogen and oxygen atoms in total. The Morgan fingerprint density at radius 1 is 0.929 bits per heavy atom. The van der Waals surface area contributed by atoms with Crippen molar-refractivity contribution < 1.29 is 27.6 Å². The summed E-state index contributed by atoms with van der Waals surface area (Å²) in [5, 5.41) is 12.5. The van der Waals surface area contributed by atoms with Crippen molar-refractivity contribution in [1.29, 1.82) is 0 Å². The van der Waals surface area contributed by atoms with Gasteiger partial charge in [-0.15, -0.1) is 0 Å². The molecule has 2 aromatic heterocycles. The number of halogens is 5. The largest absolute Gasteiger partial charge is 0.416 e. The van der Waals surface area contributed by atoms with Crippen molar-refractivity contribution >= 4 is 52.3 Å². The van der Waals surface area contributed by atoms with Gasteiger partial charge in [0.05, 0.1) is 21.8 Å². The number of nitrogens with one attached hydrogen (secondary N) is 3. The fraction of sp³-hybridized carbons (Fsp3) is 0.179. The number of benzene rings is 2. The summed E-state index contributed by atoms with van der Waals surface area (Å²) in [5.41, 5.74) is -0.450. The lowest BCUT2D eigenvalue weighted by Gasteiger charge is -2.16. The molecule has 0 unspecified atom stereocenters. The highest BCUT2D eigenvalue weighted by atomic mass is 35.5. The Labute approximate surface area is 248 Å². The van der Waals surface area contributed by atoms with Gasteiger partial charge in [-0.2, -0.15) is 18.3 Å². The molecule has 0 aliphatic rings. The van der Waals surface area contributed by atoms with E-state index in [1.54, 1.807) is 32.9 Å². The maximum absolute atomic E-state index is 13.6. The van der Waals surface area contributed by atoms with Crippen LogP contribution in [0.3, 0.4) is 0 Å². The molecule has 0 fully saturated rings. The SMILES string of the molecule is Cc1cc(Cl)cc(C(=O)NC(C)C)c1NC(=O)c1cc(C(=O)Nc2ccc(C(F)(F)F)cc2)nn1-c1ncccc1Cl. The third-order valence-corrected chi connectivity index (χ3v) is 6.30. The van der Waals surface area contributed by atoms with E-state index in [0.29, 0.717) is 5.56 Å². The number of carbonyl (C=O) groups excluding carboxylic acids is 3. The molecule has 0 saturated heterocycles. The lowest BCUT2D eigenvalue weighted by Crippen LogP contribution is -2.31. The first-order valence-corrected chi connectivity index (χ1v) is 13.1. The van der Waals surface area contributed by atoms with Crippen LogP contribution in [0.2, 0.25) is 10.0 Å². The Kier molecular flexibility index (Phi) is 8.88. The average molecular weight is 619 g/mol. The number of aromatic nitrogens is 3. The standard InChI is InChI=1S/C28H23Cl2F3N6O3/c1-14(2)35-25(40)19-12-17(29)11-15(3)23(19)37-27(42)22-13-21(38-39(22)24-20(30)5-4-10-34-24)26(41)36-18-8-6-16(7-9-18)28(31,32)33/h4-14H,1-3H3,(H,35,40)(H,36,41)(H,37,42). The van der Waals surface area contributed by atoms with Crippen molar-refractivity contribution in [2.45, 2.75) is 33.0 Å². The summed E-state index contributed by atoms with van der Waals surface area (Å²) >= 11 is 12.5. The molecule has 4 rings (SSSR count). The first-order chi connectivity index (χ1) is 19.7. The van der Waals surface area contributed by atoms with Crippen molar-refractivity contribution in [3.63, 3.8) is 0 Å². The zero-order valence-corrected chi connectivity index (χ0v) is 23.8. The normalized spacial score (nSPS) is 11.4. The summed E-state index contributed by atoms with van der Waals surface area (Å²) in [7, 11) is 0. The van der Waals surface area contributed by atoms with E-state index in [-0.39, 0.29) is 50.2 Å². The molecule has 0 saturated carbocycles. The van der Waals surface area contributed by atoms with Crippen molar-refractivity contribution in [3.05, 3.63) is 98.9 Å². The Morgan fingerprint density at radius 3 is 2.24 bits per heavy atom. The topological polar surface area (TPSA) is 118 Å². The number of hydrogen-bond acceptors (Lipinski definition) is 5. The van der Waals surface area contributed by atoms with Crippen LogP contribution in [0.25, 0.3) is 5.82 Å². The second-order valence-corrected chi connectivity index (χ2v) is 10.2. The van der Waals surface area contributed by atoms with Gasteiger partial charge in [-0.1, -0.05) is 23.2 Å². The first kappa shape index (κ1) is 30.5. The maximum Gasteiger partial charge on any atom is 0.416 e. The zero-order valence-electron chi connectivity index (χ0n) is 22.3. The molecule has 0 atom stereocenters. The molecule has 0 spiro atoms. The summed E-state index contributed by atoms with van der Waals surface area (Å²) in [5.74, 6) is -2.01. The van der Waals surface area contributed by atoms with E-state index in [1.807, 2.05) is 0 Å². The van der Waals surface area contributed by atoms with Crippen molar-refractivity contribution in [3.8, 4) is 5.82 Å². The number of hydrogen-bond donors (Lipinski definition) is 3. The minimum atomic E-state index is -4.54. The minimum Gasteiger partial charge on any atom is -0.350 e. The van der Waals surface area contributed by atoms with E-state index in [1.165, 1.54) is 24.4 Å². The Morgan fingerprint density at radius 2 is 1.62 bits per heavy atom. The molecule has 3 N–H and O–H groups in total. The second-order valence-electron chi connectivity index (χ2n) is 9.39. The van der Waals surface area contributed by atoms with E-state index in [9.17, 15) is 27.6 Å². The van der Waals surface area contributed by atoms with E-state index in [4.69, 9.17) is 23.2 Å². The van der Waals surface area contributed by atoms with Gasteiger partial charge in [0, 0.05) is 29.0 Å². The van der Waals surface area contributed by atoms with Gasteiger partial charge in [-0.3, -0.25) is 14.4 Å². The van der Waals surface area contributed by atoms with Crippen molar-refractivity contribution in [1.82, 2.24) is 20.1 Å². The number of amides is 3. The summed E-state index contributed by atoms with van der Waals surface area (Å²) in [4.78, 5) is 43.7.